The Kier molecular flexibility index (Phi) is 6.99. The van der Waals surface area contributed by atoms with Gasteiger partial charge < -0.3 is 14.8 Å². The van der Waals surface area contributed by atoms with Gasteiger partial charge in [0.15, 0.2) is 6.61 Å². The molecule has 28 heavy (non-hydrogen) atoms. The molecule has 1 amide bonds. The summed E-state index contributed by atoms with van der Waals surface area (Å²) in [7, 11) is 1.39. The number of rotatable bonds is 6. The van der Waals surface area contributed by atoms with Gasteiger partial charge in [0.2, 0.25) is 0 Å². The Balaban J connectivity index is 1.87. The van der Waals surface area contributed by atoms with Crippen molar-refractivity contribution in [2.45, 2.75) is 46.5 Å². The lowest BCUT2D eigenvalue weighted by Gasteiger charge is -2.36. The molecule has 0 aromatic heterocycles. The summed E-state index contributed by atoms with van der Waals surface area (Å²) < 4.78 is 10.3. The minimum Gasteiger partial charge on any atom is -0.495 e. The van der Waals surface area contributed by atoms with E-state index >= 15 is 0 Å². The van der Waals surface area contributed by atoms with Gasteiger partial charge in [0.1, 0.15) is 5.75 Å². The van der Waals surface area contributed by atoms with E-state index in [0.29, 0.717) is 5.92 Å². The number of carbonyl (C=O) groups excluding carboxylic acids is 2. The number of carbonyl (C=O) groups is 2. The zero-order chi connectivity index (χ0) is 20.9. The number of ether oxygens (including phenoxy) is 2. The minimum absolute atomic E-state index is 0.156. The molecule has 0 aliphatic heterocycles. The predicted octanol–water partition coefficient (Wildman–Crippen LogP) is 3.94. The number of benzene rings is 1. The van der Waals surface area contributed by atoms with E-state index in [4.69, 9.17) is 9.47 Å². The van der Waals surface area contributed by atoms with Gasteiger partial charge in [-0.1, -0.05) is 20.8 Å². The Hall–Kier alpha value is -2.64. The topological polar surface area (TPSA) is 108 Å². The van der Waals surface area contributed by atoms with Gasteiger partial charge in [0.25, 0.3) is 11.6 Å². The lowest BCUT2D eigenvalue weighted by atomic mass is 9.70. The number of nitrogens with one attached hydrogen (secondary N) is 1. The fourth-order valence-corrected chi connectivity index (χ4v) is 3.54. The van der Waals surface area contributed by atoms with Gasteiger partial charge in [0, 0.05) is 12.1 Å². The van der Waals surface area contributed by atoms with Crippen molar-refractivity contribution in [2.75, 3.05) is 19.0 Å². The van der Waals surface area contributed by atoms with Crippen molar-refractivity contribution in [3.05, 3.63) is 28.3 Å². The molecule has 0 radical (unpaired) electrons. The molecule has 1 aromatic rings. The first-order valence-electron chi connectivity index (χ1n) is 9.40. The number of amides is 1. The van der Waals surface area contributed by atoms with Crippen molar-refractivity contribution in [1.82, 2.24) is 0 Å². The van der Waals surface area contributed by atoms with E-state index in [1.165, 1.54) is 25.3 Å². The van der Waals surface area contributed by atoms with E-state index in [-0.39, 0.29) is 34.4 Å². The van der Waals surface area contributed by atoms with Crippen molar-refractivity contribution < 1.29 is 24.0 Å². The lowest BCUT2D eigenvalue weighted by molar-refractivity contribution is -0.384. The average molecular weight is 392 g/mol. The third-order valence-electron chi connectivity index (χ3n) is 5.30. The van der Waals surface area contributed by atoms with Crippen molar-refractivity contribution in [1.29, 1.82) is 0 Å². The van der Waals surface area contributed by atoms with Crippen LogP contribution in [0, 0.1) is 27.4 Å². The molecule has 0 saturated heterocycles. The smallest absolute Gasteiger partial charge is 0.309 e. The fraction of sp³-hybridized carbons (Fsp3) is 0.600. The first-order chi connectivity index (χ1) is 13.1. The second-order valence-corrected chi connectivity index (χ2v) is 8.21. The van der Waals surface area contributed by atoms with Crippen LogP contribution in [0.25, 0.3) is 0 Å². The highest BCUT2D eigenvalue weighted by Crippen LogP contribution is 2.40. The Morgan fingerprint density at radius 2 is 1.86 bits per heavy atom. The van der Waals surface area contributed by atoms with Gasteiger partial charge in [-0.2, -0.15) is 0 Å². The monoisotopic (exact) mass is 392 g/mol. The molecular weight excluding hydrogens is 364 g/mol. The van der Waals surface area contributed by atoms with Crippen molar-refractivity contribution in [3.63, 3.8) is 0 Å². The number of hydrogen-bond acceptors (Lipinski definition) is 6. The summed E-state index contributed by atoms with van der Waals surface area (Å²) in [5, 5.41) is 13.4. The number of nitrogens with zero attached hydrogens (tertiary/aromatic N) is 1. The Morgan fingerprint density at radius 1 is 1.21 bits per heavy atom. The predicted molar refractivity (Wildman–Crippen MR) is 104 cm³/mol. The molecule has 1 N–H and O–H groups in total. The Morgan fingerprint density at radius 3 is 2.39 bits per heavy atom. The summed E-state index contributed by atoms with van der Waals surface area (Å²) in [4.78, 5) is 34.7. The highest BCUT2D eigenvalue weighted by Gasteiger charge is 2.33. The number of esters is 1. The second-order valence-electron chi connectivity index (χ2n) is 8.21. The Bertz CT molecular complexity index is 733. The largest absolute Gasteiger partial charge is 0.495 e. The molecule has 0 unspecified atom stereocenters. The van der Waals surface area contributed by atoms with Gasteiger partial charge in [-0.25, -0.2) is 0 Å². The van der Waals surface area contributed by atoms with Gasteiger partial charge >= 0.3 is 5.97 Å². The highest BCUT2D eigenvalue weighted by molar-refractivity contribution is 5.94. The van der Waals surface area contributed by atoms with Crippen LogP contribution in [0.1, 0.15) is 46.5 Å². The maximum Gasteiger partial charge on any atom is 0.309 e. The summed E-state index contributed by atoms with van der Waals surface area (Å²) in [5.74, 6) is -0.255. The summed E-state index contributed by atoms with van der Waals surface area (Å²) in [6.07, 6.45) is 3.48. The van der Waals surface area contributed by atoms with Crippen LogP contribution in [0.4, 0.5) is 11.4 Å². The van der Waals surface area contributed by atoms with Crippen molar-refractivity contribution in [3.8, 4) is 5.75 Å². The molecule has 1 aromatic carbocycles. The van der Waals surface area contributed by atoms with Crippen LogP contribution < -0.4 is 10.1 Å². The van der Waals surface area contributed by atoms with E-state index in [1.807, 2.05) is 0 Å². The molecule has 154 valence electrons. The van der Waals surface area contributed by atoms with Crippen LogP contribution >= 0.6 is 0 Å². The number of non-ortho nitro benzene ring substituents is 1. The first kappa shape index (κ1) is 21.7. The molecule has 0 heterocycles. The number of nitro groups is 1. The van der Waals surface area contributed by atoms with E-state index in [0.717, 1.165) is 25.7 Å². The zero-order valence-electron chi connectivity index (χ0n) is 16.8. The molecule has 1 saturated carbocycles. The Labute approximate surface area is 164 Å². The highest BCUT2D eigenvalue weighted by atomic mass is 16.6. The molecule has 0 bridgehead atoms. The van der Waals surface area contributed by atoms with E-state index < -0.39 is 17.4 Å². The van der Waals surface area contributed by atoms with Gasteiger partial charge in [-0.15, -0.1) is 0 Å². The molecule has 0 spiro atoms. The number of nitro benzene ring substituents is 1. The maximum absolute atomic E-state index is 12.3. The van der Waals surface area contributed by atoms with Gasteiger partial charge in [-0.3, -0.25) is 19.7 Å². The van der Waals surface area contributed by atoms with E-state index in [2.05, 4.69) is 26.1 Å². The molecular formula is C20H28N2O6. The molecule has 2 rings (SSSR count). The van der Waals surface area contributed by atoms with Crippen molar-refractivity contribution in [2.24, 2.45) is 17.3 Å². The van der Waals surface area contributed by atoms with Crippen LogP contribution in [-0.2, 0) is 14.3 Å². The van der Waals surface area contributed by atoms with Crippen LogP contribution in [0.15, 0.2) is 18.2 Å². The summed E-state index contributed by atoms with van der Waals surface area (Å²) >= 11 is 0. The number of anilines is 1. The normalized spacial score (nSPS) is 19.6. The fourth-order valence-electron chi connectivity index (χ4n) is 3.54. The molecule has 8 nitrogen and oxygen atoms in total. The summed E-state index contributed by atoms with van der Waals surface area (Å²) in [5.41, 5.74) is 0.207. The van der Waals surface area contributed by atoms with Gasteiger partial charge in [-0.05, 0) is 43.1 Å². The third kappa shape index (κ3) is 5.68. The van der Waals surface area contributed by atoms with E-state index in [9.17, 15) is 19.7 Å². The number of hydrogen-bond donors (Lipinski definition) is 1. The molecule has 1 aliphatic rings. The molecule has 1 aliphatic carbocycles. The maximum atomic E-state index is 12.3. The number of methoxy groups -OCH3 is 1. The SMILES string of the molecule is COc1ccc([N+](=O)[O-])cc1NC(=O)COC(=O)C1CCC(C(C)(C)C)CC1. The summed E-state index contributed by atoms with van der Waals surface area (Å²) in [6, 6.07) is 3.88. The quantitative estimate of drug-likeness (QED) is 0.446. The van der Waals surface area contributed by atoms with Crippen LogP contribution in [0.2, 0.25) is 0 Å². The molecule has 1 fully saturated rings. The van der Waals surface area contributed by atoms with Crippen LogP contribution in [-0.4, -0.2) is 30.5 Å². The van der Waals surface area contributed by atoms with Crippen LogP contribution in [0.3, 0.4) is 0 Å². The van der Waals surface area contributed by atoms with Crippen LogP contribution in [0.5, 0.6) is 5.75 Å². The van der Waals surface area contributed by atoms with Gasteiger partial charge in [0.05, 0.1) is 23.6 Å². The van der Waals surface area contributed by atoms with Crippen molar-refractivity contribution >= 4 is 23.3 Å². The third-order valence-corrected chi connectivity index (χ3v) is 5.30. The lowest BCUT2D eigenvalue weighted by Crippen LogP contribution is -2.31. The molecule has 0 atom stereocenters. The minimum atomic E-state index is -0.574. The first-order valence-corrected chi connectivity index (χ1v) is 9.40. The standard InChI is InChI=1S/C20H28N2O6/c1-20(2,3)14-7-5-13(6-8-14)19(24)28-12-18(23)21-16-11-15(22(25)26)9-10-17(16)27-4/h9-11,13-14H,5-8,12H2,1-4H3,(H,21,23). The summed E-state index contributed by atoms with van der Waals surface area (Å²) in [6.45, 7) is 6.19. The second kappa shape index (κ2) is 9.03. The van der Waals surface area contributed by atoms with E-state index in [1.54, 1.807) is 0 Å². The average Bonchev–Trinajstić information content (AvgIpc) is 2.65. The zero-order valence-corrected chi connectivity index (χ0v) is 16.8. The molecule has 8 heteroatoms.